The van der Waals surface area contributed by atoms with Crippen LogP contribution in [0.1, 0.15) is 0 Å². The van der Waals surface area contributed by atoms with E-state index in [2.05, 4.69) is 15.9 Å². The molecule has 0 aliphatic rings. The summed E-state index contributed by atoms with van der Waals surface area (Å²) < 4.78 is 22.8. The van der Waals surface area contributed by atoms with Crippen LogP contribution in [0, 0.1) is 0 Å². The fourth-order valence-electron chi connectivity index (χ4n) is 1.51. The van der Waals surface area contributed by atoms with Gasteiger partial charge in [0.15, 0.2) is 0 Å². The Labute approximate surface area is 126 Å². The zero-order chi connectivity index (χ0) is 11.0. The molecule has 0 fully saturated rings. The minimum Gasteiger partial charge on any atom is -0.768 e. The molecule has 2 N–H and O–H groups in total. The fraction of sp³-hybridized carbons (Fsp3) is 0. The SMILES string of the molecule is Nc1cccc2c(Br)ccc(S(=O)[O-])c12.[Na+]. The van der Waals surface area contributed by atoms with E-state index in [1.807, 2.05) is 6.07 Å². The molecule has 0 saturated heterocycles. The molecular formula is C10H7BrNNaO2S. The summed E-state index contributed by atoms with van der Waals surface area (Å²) in [5, 5.41) is 1.37. The van der Waals surface area contributed by atoms with Crippen molar-refractivity contribution in [1.82, 2.24) is 0 Å². The quantitative estimate of drug-likeness (QED) is 0.436. The van der Waals surface area contributed by atoms with Gasteiger partial charge in [0.2, 0.25) is 0 Å². The van der Waals surface area contributed by atoms with Crippen molar-refractivity contribution in [2.24, 2.45) is 0 Å². The zero-order valence-corrected chi connectivity index (χ0v) is 13.0. The number of halogens is 1. The second kappa shape index (κ2) is 5.62. The Bertz CT molecular complexity index is 562. The first-order valence-electron chi connectivity index (χ1n) is 4.17. The molecule has 2 aromatic rings. The van der Waals surface area contributed by atoms with Gasteiger partial charge in [0, 0.05) is 20.4 Å². The van der Waals surface area contributed by atoms with Gasteiger partial charge in [-0.2, -0.15) is 0 Å². The summed E-state index contributed by atoms with van der Waals surface area (Å²) in [6.45, 7) is 0. The van der Waals surface area contributed by atoms with Crippen molar-refractivity contribution in [2.45, 2.75) is 4.90 Å². The van der Waals surface area contributed by atoms with Crippen molar-refractivity contribution in [1.29, 1.82) is 0 Å². The van der Waals surface area contributed by atoms with Crippen molar-refractivity contribution in [2.75, 3.05) is 5.73 Å². The van der Waals surface area contributed by atoms with Gasteiger partial charge in [0.25, 0.3) is 0 Å². The van der Waals surface area contributed by atoms with Crippen LogP contribution < -0.4 is 35.3 Å². The zero-order valence-electron chi connectivity index (χ0n) is 8.57. The van der Waals surface area contributed by atoms with E-state index in [4.69, 9.17) is 5.73 Å². The summed E-state index contributed by atoms with van der Waals surface area (Å²) >= 11 is 1.08. The average molecular weight is 308 g/mol. The van der Waals surface area contributed by atoms with Crippen LogP contribution in [0.5, 0.6) is 0 Å². The molecule has 0 spiro atoms. The number of anilines is 1. The van der Waals surface area contributed by atoms with Crippen molar-refractivity contribution in [3.05, 3.63) is 34.8 Å². The van der Waals surface area contributed by atoms with E-state index in [9.17, 15) is 8.76 Å². The Kier molecular flexibility index (Phi) is 4.97. The van der Waals surface area contributed by atoms with Crippen molar-refractivity contribution >= 4 is 43.5 Å². The number of rotatable bonds is 1. The number of nitrogens with two attached hydrogens (primary N) is 1. The smallest absolute Gasteiger partial charge is 0.768 e. The van der Waals surface area contributed by atoms with Crippen LogP contribution in [0.15, 0.2) is 39.7 Å². The third-order valence-corrected chi connectivity index (χ3v) is 3.55. The van der Waals surface area contributed by atoms with Gasteiger partial charge in [0.1, 0.15) is 0 Å². The molecule has 0 aromatic heterocycles. The molecule has 0 heterocycles. The second-order valence-corrected chi connectivity index (χ2v) is 4.81. The van der Waals surface area contributed by atoms with Gasteiger partial charge in [-0.25, -0.2) is 0 Å². The van der Waals surface area contributed by atoms with Crippen LogP contribution in [0.2, 0.25) is 0 Å². The van der Waals surface area contributed by atoms with Crippen LogP contribution in [0.3, 0.4) is 0 Å². The first-order chi connectivity index (χ1) is 7.11. The molecule has 1 unspecified atom stereocenters. The van der Waals surface area contributed by atoms with Crippen molar-refractivity contribution < 1.29 is 38.3 Å². The molecule has 78 valence electrons. The summed E-state index contributed by atoms with van der Waals surface area (Å²) in [7, 11) is 0. The number of benzene rings is 2. The molecule has 16 heavy (non-hydrogen) atoms. The van der Waals surface area contributed by atoms with Crippen LogP contribution in [-0.4, -0.2) is 8.76 Å². The molecule has 3 nitrogen and oxygen atoms in total. The van der Waals surface area contributed by atoms with Gasteiger partial charge in [-0.1, -0.05) is 28.1 Å². The maximum atomic E-state index is 11.0. The third kappa shape index (κ3) is 2.50. The molecule has 0 bridgehead atoms. The number of hydrogen-bond donors (Lipinski definition) is 1. The molecule has 0 aliphatic heterocycles. The monoisotopic (exact) mass is 307 g/mol. The van der Waals surface area contributed by atoms with Crippen LogP contribution in [0.25, 0.3) is 10.8 Å². The average Bonchev–Trinajstić information content (AvgIpc) is 2.19. The van der Waals surface area contributed by atoms with Gasteiger partial charge in [0.05, 0.1) is 0 Å². The standard InChI is InChI=1S/C10H8BrNO2S.Na/c11-7-4-5-9(15(13)14)10-6(7)2-1-3-8(10)12;/h1-5H,12H2,(H,13,14);/q;+1/p-1. The predicted octanol–water partition coefficient (Wildman–Crippen LogP) is -0.573. The maximum Gasteiger partial charge on any atom is 1.00 e. The van der Waals surface area contributed by atoms with Crippen LogP contribution in [-0.2, 0) is 11.1 Å². The van der Waals surface area contributed by atoms with E-state index in [0.29, 0.717) is 11.1 Å². The summed E-state index contributed by atoms with van der Waals surface area (Å²) in [5.41, 5.74) is 6.24. The van der Waals surface area contributed by atoms with Gasteiger partial charge < -0.3 is 10.3 Å². The topological polar surface area (TPSA) is 66.2 Å². The molecule has 2 aromatic carbocycles. The van der Waals surface area contributed by atoms with Crippen molar-refractivity contribution in [3.8, 4) is 0 Å². The fourth-order valence-corrected chi connectivity index (χ4v) is 2.54. The van der Waals surface area contributed by atoms with E-state index in [-0.39, 0.29) is 34.5 Å². The molecule has 6 heteroatoms. The Morgan fingerprint density at radius 3 is 2.56 bits per heavy atom. The molecular weight excluding hydrogens is 301 g/mol. The predicted molar refractivity (Wildman–Crippen MR) is 63.2 cm³/mol. The molecule has 2 rings (SSSR count). The summed E-state index contributed by atoms with van der Waals surface area (Å²) in [5.74, 6) is 0. The first kappa shape index (κ1) is 14.2. The number of hydrogen-bond acceptors (Lipinski definition) is 3. The Hall–Kier alpha value is 0.0900. The second-order valence-electron chi connectivity index (χ2n) is 3.05. The first-order valence-corrected chi connectivity index (χ1v) is 6.04. The van der Waals surface area contributed by atoms with Crippen molar-refractivity contribution in [3.63, 3.8) is 0 Å². The normalized spacial score (nSPS) is 12.1. The number of nitrogen functional groups attached to an aromatic ring is 1. The van der Waals surface area contributed by atoms with E-state index < -0.39 is 11.1 Å². The molecule has 0 amide bonds. The van der Waals surface area contributed by atoms with E-state index >= 15 is 0 Å². The maximum absolute atomic E-state index is 11.0. The minimum absolute atomic E-state index is 0. The molecule has 1 atom stereocenters. The Balaban J connectivity index is 0.00000128. The van der Waals surface area contributed by atoms with Gasteiger partial charge >= 0.3 is 29.6 Å². The van der Waals surface area contributed by atoms with Gasteiger partial charge in [-0.05, 0) is 34.7 Å². The minimum atomic E-state index is -2.27. The van der Waals surface area contributed by atoms with E-state index in [1.165, 1.54) is 6.07 Å². The van der Waals surface area contributed by atoms with Gasteiger partial charge in [-0.15, -0.1) is 0 Å². The summed E-state index contributed by atoms with van der Waals surface area (Å²) in [4.78, 5) is 0.228. The number of fused-ring (bicyclic) bond motifs is 1. The molecule has 0 radical (unpaired) electrons. The van der Waals surface area contributed by atoms with Crippen LogP contribution >= 0.6 is 15.9 Å². The Morgan fingerprint density at radius 1 is 1.25 bits per heavy atom. The summed E-state index contributed by atoms with van der Waals surface area (Å²) in [6.07, 6.45) is 0. The molecule has 0 aliphatic carbocycles. The van der Waals surface area contributed by atoms with Crippen LogP contribution in [0.4, 0.5) is 5.69 Å². The Morgan fingerprint density at radius 2 is 1.94 bits per heavy atom. The van der Waals surface area contributed by atoms with Gasteiger partial charge in [-0.3, -0.25) is 4.21 Å². The van der Waals surface area contributed by atoms with E-state index in [0.717, 1.165) is 9.86 Å². The van der Waals surface area contributed by atoms with E-state index in [1.54, 1.807) is 18.2 Å². The molecule has 0 saturated carbocycles. The summed E-state index contributed by atoms with van der Waals surface area (Å²) in [6, 6.07) is 8.54. The largest absolute Gasteiger partial charge is 1.00 e. The third-order valence-electron chi connectivity index (χ3n) is 2.16.